The van der Waals surface area contributed by atoms with Crippen LogP contribution in [0.1, 0.15) is 44.0 Å². The fraction of sp³-hybridized carbons (Fsp3) is 0.478. The quantitative estimate of drug-likeness (QED) is 0.630. The number of aromatic nitrogens is 1. The van der Waals surface area contributed by atoms with Gasteiger partial charge in [-0.05, 0) is 31.4 Å². The minimum Gasteiger partial charge on any atom is -0.467 e. The third-order valence-electron chi connectivity index (χ3n) is 7.84. The minimum absolute atomic E-state index is 0.0121. The Morgan fingerprint density at radius 1 is 1.34 bits per heavy atom. The molecule has 0 saturated carbocycles. The molecule has 6 rings (SSSR count). The average Bonchev–Trinajstić information content (AvgIpc) is 3.42. The summed E-state index contributed by atoms with van der Waals surface area (Å²) < 4.78 is 11.9. The lowest BCUT2D eigenvalue weighted by Crippen LogP contribution is -2.51. The normalized spacial score (nSPS) is 39.0. The highest BCUT2D eigenvalue weighted by Crippen LogP contribution is 2.69. The molecule has 1 N–H and O–H groups in total. The molecule has 6 heteroatoms. The number of para-hydroxylation sites is 1. The van der Waals surface area contributed by atoms with Gasteiger partial charge in [-0.2, -0.15) is 0 Å². The summed E-state index contributed by atoms with van der Waals surface area (Å²) in [7, 11) is 1.39. The molecule has 6 nitrogen and oxygen atoms in total. The second kappa shape index (κ2) is 5.11. The molecule has 2 aromatic rings. The first-order valence-corrected chi connectivity index (χ1v) is 10.3. The van der Waals surface area contributed by atoms with Gasteiger partial charge in [-0.1, -0.05) is 37.3 Å². The maximum absolute atomic E-state index is 13.8. The molecule has 1 aromatic carbocycles. The van der Waals surface area contributed by atoms with E-state index in [1.54, 1.807) is 4.90 Å². The molecule has 5 heterocycles. The fourth-order valence-corrected chi connectivity index (χ4v) is 6.40. The highest BCUT2D eigenvalue weighted by atomic mass is 16.5. The summed E-state index contributed by atoms with van der Waals surface area (Å²) in [6.45, 7) is 4.10. The molecule has 2 fully saturated rings. The van der Waals surface area contributed by atoms with Crippen LogP contribution in [0.2, 0.25) is 0 Å². The zero-order valence-electron chi connectivity index (χ0n) is 16.8. The van der Waals surface area contributed by atoms with Crippen LogP contribution < -0.4 is 0 Å². The highest BCUT2D eigenvalue weighted by Gasteiger charge is 2.78. The van der Waals surface area contributed by atoms with E-state index in [1.807, 2.05) is 25.1 Å². The van der Waals surface area contributed by atoms with Crippen molar-refractivity contribution < 1.29 is 19.1 Å². The van der Waals surface area contributed by atoms with Gasteiger partial charge in [-0.15, -0.1) is 0 Å². The van der Waals surface area contributed by atoms with E-state index < -0.39 is 22.7 Å². The second-order valence-corrected chi connectivity index (χ2v) is 9.08. The number of nitrogens with one attached hydrogen (secondary N) is 1. The molecule has 1 amide bonds. The lowest BCUT2D eigenvalue weighted by Gasteiger charge is -2.41. The molecule has 29 heavy (non-hydrogen) atoms. The number of rotatable bonds is 2. The predicted octanol–water partition coefficient (Wildman–Crippen LogP) is 3.03. The number of amides is 1. The number of esters is 1. The molecule has 0 aliphatic carbocycles. The van der Waals surface area contributed by atoms with Crippen molar-refractivity contribution in [1.82, 2.24) is 9.88 Å². The zero-order valence-corrected chi connectivity index (χ0v) is 16.8. The first kappa shape index (κ1) is 17.3. The Morgan fingerprint density at radius 3 is 2.90 bits per heavy atom. The van der Waals surface area contributed by atoms with Crippen molar-refractivity contribution in [1.29, 1.82) is 0 Å². The van der Waals surface area contributed by atoms with Crippen LogP contribution in [0.15, 0.2) is 36.4 Å². The Kier molecular flexibility index (Phi) is 3.04. The van der Waals surface area contributed by atoms with Crippen molar-refractivity contribution in [2.45, 2.75) is 56.4 Å². The van der Waals surface area contributed by atoms with Crippen molar-refractivity contribution in [3.05, 3.63) is 47.7 Å². The second-order valence-electron chi connectivity index (χ2n) is 9.08. The molecule has 5 atom stereocenters. The van der Waals surface area contributed by atoms with Gasteiger partial charge in [0.25, 0.3) is 0 Å². The molecular formula is C23H24N2O4. The third kappa shape index (κ3) is 1.74. The summed E-state index contributed by atoms with van der Waals surface area (Å²) in [4.78, 5) is 31.9. The van der Waals surface area contributed by atoms with Crippen LogP contribution in [0, 0.1) is 5.41 Å². The van der Waals surface area contributed by atoms with Gasteiger partial charge in [0.05, 0.1) is 18.1 Å². The van der Waals surface area contributed by atoms with Gasteiger partial charge in [-0.25, -0.2) is 4.79 Å². The number of hydrogen-bond acceptors (Lipinski definition) is 4. The Labute approximate surface area is 168 Å². The predicted molar refractivity (Wildman–Crippen MR) is 106 cm³/mol. The molecule has 4 aliphatic rings. The summed E-state index contributed by atoms with van der Waals surface area (Å²) in [5.41, 5.74) is 1.21. The maximum Gasteiger partial charge on any atom is 0.328 e. The number of methoxy groups -OCH3 is 1. The SMILES string of the molecule is CCC12C=CC3(O1)C1c4[nH]c5ccccc5c4CC(C(=O)OC)N1C(=O)C3(C)C2. The number of carbonyl (C=O) groups excluding carboxylic acids is 2. The van der Waals surface area contributed by atoms with Crippen molar-refractivity contribution in [2.75, 3.05) is 7.11 Å². The number of nitrogens with zero attached hydrogens (tertiary/aromatic N) is 1. The standard InChI is InChI=1S/C23H24N2O4/c1-4-22-9-10-23(29-22)18-17-14(13-7-5-6-8-15(13)24-17)11-16(19(26)28-3)25(18)20(27)21(23,2)12-22/h5-10,16,18,24H,4,11-12H2,1-3H3. The summed E-state index contributed by atoms with van der Waals surface area (Å²) in [6, 6.07) is 7.09. The Morgan fingerprint density at radius 2 is 2.14 bits per heavy atom. The van der Waals surface area contributed by atoms with Crippen molar-refractivity contribution in [3.63, 3.8) is 0 Å². The van der Waals surface area contributed by atoms with Gasteiger partial charge in [0.15, 0.2) is 0 Å². The van der Waals surface area contributed by atoms with Crippen LogP contribution >= 0.6 is 0 Å². The van der Waals surface area contributed by atoms with Crippen molar-refractivity contribution in [2.24, 2.45) is 5.41 Å². The van der Waals surface area contributed by atoms with E-state index in [4.69, 9.17) is 9.47 Å². The van der Waals surface area contributed by atoms with Crippen LogP contribution in [0.4, 0.5) is 0 Å². The van der Waals surface area contributed by atoms with Crippen molar-refractivity contribution in [3.8, 4) is 0 Å². The number of ether oxygens (including phenoxy) is 2. The van der Waals surface area contributed by atoms with E-state index in [1.165, 1.54) is 7.11 Å². The highest BCUT2D eigenvalue weighted by molar-refractivity contribution is 5.96. The Balaban J connectivity index is 1.64. The topological polar surface area (TPSA) is 71.6 Å². The molecule has 1 spiro atoms. The molecule has 4 aliphatic heterocycles. The Bertz CT molecular complexity index is 1120. The van der Waals surface area contributed by atoms with Crippen LogP contribution in [0.3, 0.4) is 0 Å². The smallest absolute Gasteiger partial charge is 0.328 e. The molecule has 2 saturated heterocycles. The van der Waals surface area contributed by atoms with E-state index in [0.29, 0.717) is 12.8 Å². The number of fused-ring (bicyclic) bond motifs is 6. The minimum atomic E-state index is -0.775. The average molecular weight is 392 g/mol. The van der Waals surface area contributed by atoms with E-state index >= 15 is 0 Å². The monoisotopic (exact) mass is 392 g/mol. The van der Waals surface area contributed by atoms with Crippen LogP contribution in [-0.2, 0) is 25.5 Å². The summed E-state index contributed by atoms with van der Waals surface area (Å²) in [6.07, 6.45) is 6.14. The number of hydrogen-bond donors (Lipinski definition) is 1. The van der Waals surface area contributed by atoms with Gasteiger partial charge in [0, 0.05) is 23.0 Å². The van der Waals surface area contributed by atoms with Crippen LogP contribution in [0.5, 0.6) is 0 Å². The van der Waals surface area contributed by atoms with Gasteiger partial charge in [-0.3, -0.25) is 4.79 Å². The Hall–Kier alpha value is -2.60. The van der Waals surface area contributed by atoms with E-state index in [2.05, 4.69) is 30.1 Å². The van der Waals surface area contributed by atoms with Gasteiger partial charge < -0.3 is 19.4 Å². The van der Waals surface area contributed by atoms with Gasteiger partial charge in [0.1, 0.15) is 17.7 Å². The molecular weight excluding hydrogens is 368 g/mol. The van der Waals surface area contributed by atoms with E-state index in [9.17, 15) is 9.59 Å². The summed E-state index contributed by atoms with van der Waals surface area (Å²) in [5.74, 6) is -0.384. The van der Waals surface area contributed by atoms with Gasteiger partial charge >= 0.3 is 5.97 Å². The van der Waals surface area contributed by atoms with Crippen LogP contribution in [0.25, 0.3) is 10.9 Å². The molecule has 1 aromatic heterocycles. The first-order chi connectivity index (χ1) is 13.9. The summed E-state index contributed by atoms with van der Waals surface area (Å²) >= 11 is 0. The van der Waals surface area contributed by atoms with Crippen molar-refractivity contribution >= 4 is 22.8 Å². The molecule has 5 unspecified atom stereocenters. The first-order valence-electron chi connectivity index (χ1n) is 10.3. The molecule has 0 radical (unpaired) electrons. The maximum atomic E-state index is 13.8. The van der Waals surface area contributed by atoms with E-state index in [0.717, 1.165) is 28.6 Å². The zero-order chi connectivity index (χ0) is 20.2. The fourth-order valence-electron chi connectivity index (χ4n) is 6.40. The number of benzene rings is 1. The van der Waals surface area contributed by atoms with Crippen LogP contribution in [-0.4, -0.2) is 46.1 Å². The number of aromatic amines is 1. The van der Waals surface area contributed by atoms with E-state index in [-0.39, 0.29) is 17.9 Å². The lowest BCUT2D eigenvalue weighted by atomic mass is 9.66. The summed E-state index contributed by atoms with van der Waals surface area (Å²) in [5, 5.41) is 1.09. The molecule has 2 bridgehead atoms. The number of carbonyl (C=O) groups is 2. The number of H-pyrrole nitrogens is 1. The third-order valence-corrected chi connectivity index (χ3v) is 7.84. The van der Waals surface area contributed by atoms with Gasteiger partial charge in [0.2, 0.25) is 5.91 Å². The lowest BCUT2D eigenvalue weighted by molar-refractivity contribution is -0.156. The molecule has 150 valence electrons. The largest absolute Gasteiger partial charge is 0.467 e.